The highest BCUT2D eigenvalue weighted by atomic mass is 32.1. The first-order valence-corrected chi connectivity index (χ1v) is 7.26. The van der Waals surface area contributed by atoms with Gasteiger partial charge in [0.1, 0.15) is 6.10 Å². The van der Waals surface area contributed by atoms with Crippen LogP contribution in [0, 0.1) is 0 Å². The molecule has 0 bridgehead atoms. The first-order chi connectivity index (χ1) is 10.1. The Balaban J connectivity index is 2.04. The summed E-state index contributed by atoms with van der Waals surface area (Å²) in [5.41, 5.74) is 1.23. The molecule has 1 aromatic carbocycles. The summed E-state index contributed by atoms with van der Waals surface area (Å²) in [5, 5.41) is 7.36. The Morgan fingerprint density at radius 3 is 2.48 bits per heavy atom. The van der Waals surface area contributed by atoms with Gasteiger partial charge in [0, 0.05) is 18.5 Å². The van der Waals surface area contributed by atoms with E-state index in [4.69, 9.17) is 4.74 Å². The second-order valence-electron chi connectivity index (χ2n) is 4.38. The third kappa shape index (κ3) is 4.14. The Hall–Kier alpha value is -2.18. The van der Waals surface area contributed by atoms with Gasteiger partial charge in [-0.1, -0.05) is 12.1 Å². The van der Waals surface area contributed by atoms with Crippen LogP contribution in [0.25, 0.3) is 0 Å². The number of thiophene rings is 1. The van der Waals surface area contributed by atoms with Crippen LogP contribution in [0.2, 0.25) is 0 Å². The highest BCUT2D eigenvalue weighted by Crippen LogP contribution is 2.17. The molecule has 0 saturated carbocycles. The van der Waals surface area contributed by atoms with Crippen molar-refractivity contribution in [2.45, 2.75) is 13.0 Å². The van der Waals surface area contributed by atoms with Gasteiger partial charge in [-0.25, -0.2) is 0 Å². The number of amides is 2. The van der Waals surface area contributed by atoms with Crippen LogP contribution in [0.3, 0.4) is 0 Å². The van der Waals surface area contributed by atoms with Gasteiger partial charge in [-0.3, -0.25) is 9.59 Å². The fraction of sp³-hybridized carbons (Fsp3) is 0.200. The van der Waals surface area contributed by atoms with Crippen molar-refractivity contribution in [2.24, 2.45) is 0 Å². The first kappa shape index (κ1) is 15.2. The van der Waals surface area contributed by atoms with Crippen molar-refractivity contribution in [1.82, 2.24) is 0 Å². The number of nitrogens with one attached hydrogen (secondary N) is 2. The smallest absolute Gasteiger partial charge is 0.265 e. The van der Waals surface area contributed by atoms with Crippen LogP contribution in [-0.4, -0.2) is 25.0 Å². The first-order valence-electron chi connectivity index (χ1n) is 6.38. The molecule has 6 heteroatoms. The number of hydrogen-bond acceptors (Lipinski definition) is 4. The molecule has 1 unspecified atom stereocenters. The Kier molecular flexibility index (Phi) is 5.08. The second kappa shape index (κ2) is 7.01. The van der Waals surface area contributed by atoms with Crippen molar-refractivity contribution in [3.8, 4) is 0 Å². The largest absolute Gasteiger partial charge is 0.372 e. The molecule has 0 fully saturated rings. The van der Waals surface area contributed by atoms with E-state index >= 15 is 0 Å². The third-order valence-corrected chi connectivity index (χ3v) is 3.72. The molecule has 2 N–H and O–H groups in total. The third-order valence-electron chi connectivity index (χ3n) is 2.86. The zero-order chi connectivity index (χ0) is 15.2. The zero-order valence-corrected chi connectivity index (χ0v) is 12.6. The molecule has 0 aliphatic rings. The van der Waals surface area contributed by atoms with Crippen molar-refractivity contribution in [3.63, 3.8) is 0 Å². The van der Waals surface area contributed by atoms with E-state index in [0.717, 1.165) is 0 Å². The minimum absolute atomic E-state index is 0.168. The van der Waals surface area contributed by atoms with Gasteiger partial charge in [-0.05, 0) is 36.6 Å². The Bertz CT molecular complexity index is 626. The van der Waals surface area contributed by atoms with Gasteiger partial charge < -0.3 is 15.4 Å². The Morgan fingerprint density at radius 1 is 1.14 bits per heavy atom. The van der Waals surface area contributed by atoms with E-state index in [1.54, 1.807) is 37.3 Å². The van der Waals surface area contributed by atoms with E-state index in [1.165, 1.54) is 18.4 Å². The van der Waals surface area contributed by atoms with Crippen molar-refractivity contribution < 1.29 is 14.3 Å². The maximum absolute atomic E-state index is 12.0. The van der Waals surface area contributed by atoms with Gasteiger partial charge in [0.25, 0.3) is 11.8 Å². The molecular formula is C15H16N2O3S. The maximum Gasteiger partial charge on any atom is 0.265 e. The lowest BCUT2D eigenvalue weighted by Gasteiger charge is -2.11. The van der Waals surface area contributed by atoms with Crippen LogP contribution in [0.4, 0.5) is 11.4 Å². The van der Waals surface area contributed by atoms with Crippen LogP contribution in [-0.2, 0) is 9.53 Å². The van der Waals surface area contributed by atoms with Crippen LogP contribution in [0.15, 0.2) is 41.8 Å². The molecule has 0 aliphatic carbocycles. The van der Waals surface area contributed by atoms with Gasteiger partial charge in [-0.15, -0.1) is 11.3 Å². The van der Waals surface area contributed by atoms with E-state index in [9.17, 15) is 9.59 Å². The van der Waals surface area contributed by atoms with E-state index < -0.39 is 6.10 Å². The van der Waals surface area contributed by atoms with Crippen molar-refractivity contribution in [2.75, 3.05) is 17.7 Å². The highest BCUT2D eigenvalue weighted by molar-refractivity contribution is 7.12. The number of hydrogen-bond donors (Lipinski definition) is 2. The number of rotatable bonds is 5. The van der Waals surface area contributed by atoms with E-state index in [1.807, 2.05) is 11.4 Å². The molecule has 0 spiro atoms. The minimum atomic E-state index is -0.533. The SMILES string of the molecule is COC(C)C(=O)Nc1cccc(NC(=O)c2cccs2)c1. The van der Waals surface area contributed by atoms with Crippen LogP contribution >= 0.6 is 11.3 Å². The average Bonchev–Trinajstić information content (AvgIpc) is 3.01. The summed E-state index contributed by atoms with van der Waals surface area (Å²) in [5.74, 6) is -0.405. The normalized spacial score (nSPS) is 11.7. The highest BCUT2D eigenvalue weighted by Gasteiger charge is 2.12. The standard InChI is InChI=1S/C15H16N2O3S/c1-10(20-2)14(18)16-11-5-3-6-12(9-11)17-15(19)13-7-4-8-21-13/h3-10H,1-2H3,(H,16,18)(H,17,19). The Labute approximate surface area is 126 Å². The molecule has 1 aromatic heterocycles. The molecule has 1 heterocycles. The van der Waals surface area contributed by atoms with Crippen LogP contribution in [0.1, 0.15) is 16.6 Å². The van der Waals surface area contributed by atoms with Gasteiger partial charge in [0.15, 0.2) is 0 Å². The maximum atomic E-state index is 12.0. The van der Waals surface area contributed by atoms with Crippen molar-refractivity contribution >= 4 is 34.5 Å². The number of methoxy groups -OCH3 is 1. The monoisotopic (exact) mass is 304 g/mol. The topological polar surface area (TPSA) is 67.4 Å². The lowest BCUT2D eigenvalue weighted by molar-refractivity contribution is -0.124. The summed E-state index contributed by atoms with van der Waals surface area (Å²) < 4.78 is 4.95. The zero-order valence-electron chi connectivity index (χ0n) is 11.8. The molecule has 2 rings (SSSR count). The number of anilines is 2. The average molecular weight is 304 g/mol. The molecule has 0 aliphatic heterocycles. The van der Waals surface area contributed by atoms with Gasteiger partial charge in [0.05, 0.1) is 4.88 Å². The lowest BCUT2D eigenvalue weighted by atomic mass is 10.2. The predicted molar refractivity (Wildman–Crippen MR) is 83.8 cm³/mol. The van der Waals surface area contributed by atoms with Crippen LogP contribution < -0.4 is 10.6 Å². The van der Waals surface area contributed by atoms with E-state index in [2.05, 4.69) is 10.6 Å². The summed E-state index contributed by atoms with van der Waals surface area (Å²) in [6.45, 7) is 1.66. The summed E-state index contributed by atoms with van der Waals surface area (Å²) in [4.78, 5) is 24.3. The lowest BCUT2D eigenvalue weighted by Crippen LogP contribution is -2.26. The summed E-state index contributed by atoms with van der Waals surface area (Å²) in [7, 11) is 1.47. The second-order valence-corrected chi connectivity index (χ2v) is 5.33. The number of carbonyl (C=O) groups is 2. The van der Waals surface area contributed by atoms with Crippen molar-refractivity contribution in [3.05, 3.63) is 46.7 Å². The molecule has 1 atom stereocenters. The molecule has 21 heavy (non-hydrogen) atoms. The van der Waals surface area contributed by atoms with E-state index in [-0.39, 0.29) is 11.8 Å². The minimum Gasteiger partial charge on any atom is -0.372 e. The van der Waals surface area contributed by atoms with E-state index in [0.29, 0.717) is 16.3 Å². The molecular weight excluding hydrogens is 288 g/mol. The summed E-state index contributed by atoms with van der Waals surface area (Å²) in [6.07, 6.45) is -0.533. The van der Waals surface area contributed by atoms with Crippen molar-refractivity contribution in [1.29, 1.82) is 0 Å². The summed E-state index contributed by atoms with van der Waals surface area (Å²) in [6, 6.07) is 10.6. The molecule has 110 valence electrons. The molecule has 0 radical (unpaired) electrons. The van der Waals surface area contributed by atoms with Gasteiger partial charge in [-0.2, -0.15) is 0 Å². The van der Waals surface area contributed by atoms with Gasteiger partial charge >= 0.3 is 0 Å². The molecule has 5 nitrogen and oxygen atoms in total. The number of ether oxygens (including phenoxy) is 1. The molecule has 2 aromatic rings. The number of benzene rings is 1. The predicted octanol–water partition coefficient (Wildman–Crippen LogP) is 2.97. The van der Waals surface area contributed by atoms with Gasteiger partial charge in [0.2, 0.25) is 0 Å². The fourth-order valence-corrected chi connectivity index (χ4v) is 2.25. The molecule has 2 amide bonds. The Morgan fingerprint density at radius 2 is 1.86 bits per heavy atom. The molecule has 0 saturated heterocycles. The summed E-state index contributed by atoms with van der Waals surface area (Å²) >= 11 is 1.37. The quantitative estimate of drug-likeness (QED) is 0.892. The van der Waals surface area contributed by atoms with Crippen LogP contribution in [0.5, 0.6) is 0 Å². The number of carbonyl (C=O) groups excluding carboxylic acids is 2. The fourth-order valence-electron chi connectivity index (χ4n) is 1.63.